The molecule has 1 aliphatic rings. The van der Waals surface area contributed by atoms with Gasteiger partial charge in [-0.05, 0) is 65.3 Å². The normalized spacial score (nSPS) is 13.6. The zero-order chi connectivity index (χ0) is 27.3. The van der Waals surface area contributed by atoms with Crippen molar-refractivity contribution in [2.75, 3.05) is 49.6 Å². The number of amides is 2. The Balaban J connectivity index is 1.63. The predicted octanol–water partition coefficient (Wildman–Crippen LogP) is 4.07. The second-order valence-corrected chi connectivity index (χ2v) is 11.4. The molecule has 1 heterocycles. The Morgan fingerprint density at radius 1 is 1.05 bits per heavy atom. The number of nitrogens with one attached hydrogen (secondary N) is 1. The maximum absolute atomic E-state index is 13.8. The average Bonchev–Trinajstić information content (AvgIpc) is 2.92. The van der Waals surface area contributed by atoms with E-state index in [9.17, 15) is 18.0 Å². The van der Waals surface area contributed by atoms with Crippen LogP contribution in [-0.4, -0.2) is 65.1 Å². The van der Waals surface area contributed by atoms with Crippen LogP contribution in [0.25, 0.3) is 0 Å². The summed E-state index contributed by atoms with van der Waals surface area (Å²) in [5.74, 6) is -0.343. The van der Waals surface area contributed by atoms with Crippen LogP contribution in [0.4, 0.5) is 11.4 Å². The number of sulfonamides is 1. The van der Waals surface area contributed by atoms with Crippen molar-refractivity contribution in [3.05, 3.63) is 82.3 Å². The largest absolute Gasteiger partial charge is 0.496 e. The van der Waals surface area contributed by atoms with Gasteiger partial charge in [-0.25, -0.2) is 8.42 Å². The molecule has 0 unspecified atom stereocenters. The van der Waals surface area contributed by atoms with Crippen molar-refractivity contribution < 1.29 is 27.5 Å². The summed E-state index contributed by atoms with van der Waals surface area (Å²) < 4.78 is 39.6. The molecule has 38 heavy (non-hydrogen) atoms. The highest BCUT2D eigenvalue weighted by atomic mass is 79.9. The van der Waals surface area contributed by atoms with E-state index in [0.717, 1.165) is 9.87 Å². The SMILES string of the molecule is COc1ccc(S(=O)(=O)N(CC(=O)Nc2ccccc2C(=O)N2CCOCC2)c2ccc(C)cc2)cc1Br. The first-order valence-electron chi connectivity index (χ1n) is 11.9. The number of halogens is 1. The standard InChI is InChI=1S/C27H28BrN3O6S/c1-19-7-9-20(10-8-19)31(38(34,35)21-11-12-25(36-2)23(28)17-21)18-26(32)29-24-6-4-3-5-22(24)27(33)30-13-15-37-16-14-30/h3-12,17H,13-16,18H2,1-2H3,(H,29,32). The van der Waals surface area contributed by atoms with Crippen molar-refractivity contribution in [1.82, 2.24) is 4.90 Å². The third-order valence-corrected chi connectivity index (χ3v) is 8.44. The summed E-state index contributed by atoms with van der Waals surface area (Å²) in [5.41, 5.74) is 1.91. The quantitative estimate of drug-likeness (QED) is 0.417. The van der Waals surface area contributed by atoms with Gasteiger partial charge in [0.25, 0.3) is 15.9 Å². The zero-order valence-corrected chi connectivity index (χ0v) is 23.4. The third kappa shape index (κ3) is 6.17. The maximum atomic E-state index is 13.8. The number of hydrogen-bond donors (Lipinski definition) is 1. The molecule has 0 radical (unpaired) electrons. The van der Waals surface area contributed by atoms with Gasteiger partial charge in [-0.3, -0.25) is 13.9 Å². The lowest BCUT2D eigenvalue weighted by Gasteiger charge is -2.28. The molecule has 3 aromatic carbocycles. The van der Waals surface area contributed by atoms with Gasteiger partial charge in [-0.15, -0.1) is 0 Å². The molecule has 1 N–H and O–H groups in total. The summed E-state index contributed by atoms with van der Waals surface area (Å²) in [6.07, 6.45) is 0. The minimum absolute atomic E-state index is 0.0126. The molecule has 0 aromatic heterocycles. The zero-order valence-electron chi connectivity index (χ0n) is 21.0. The number of carbonyl (C=O) groups excluding carboxylic acids is 2. The summed E-state index contributed by atoms with van der Waals surface area (Å²) in [4.78, 5) is 28.0. The van der Waals surface area contributed by atoms with Crippen LogP contribution in [0, 0.1) is 6.92 Å². The number of hydrogen-bond acceptors (Lipinski definition) is 6. The number of para-hydroxylation sites is 1. The van der Waals surface area contributed by atoms with Crippen LogP contribution in [-0.2, 0) is 19.6 Å². The number of aryl methyl sites for hydroxylation is 1. The summed E-state index contributed by atoms with van der Waals surface area (Å²) in [5, 5.41) is 2.74. The monoisotopic (exact) mass is 601 g/mol. The molecule has 9 nitrogen and oxygen atoms in total. The number of rotatable bonds is 8. The van der Waals surface area contributed by atoms with Gasteiger partial charge >= 0.3 is 0 Å². The third-order valence-electron chi connectivity index (χ3n) is 6.05. The summed E-state index contributed by atoms with van der Waals surface area (Å²) in [6, 6.07) is 17.9. The van der Waals surface area contributed by atoms with Gasteiger partial charge in [0.05, 0.1) is 46.6 Å². The Kier molecular flexibility index (Phi) is 8.70. The second kappa shape index (κ2) is 12.0. The van der Waals surface area contributed by atoms with Crippen LogP contribution in [0.1, 0.15) is 15.9 Å². The maximum Gasteiger partial charge on any atom is 0.264 e. The number of benzene rings is 3. The number of ether oxygens (including phenoxy) is 2. The molecular formula is C27H28BrN3O6S. The molecular weight excluding hydrogens is 574 g/mol. The van der Waals surface area contributed by atoms with Gasteiger partial charge in [-0.1, -0.05) is 29.8 Å². The van der Waals surface area contributed by atoms with E-state index >= 15 is 0 Å². The van der Waals surface area contributed by atoms with Gasteiger partial charge in [0.15, 0.2) is 0 Å². The van der Waals surface area contributed by atoms with E-state index < -0.39 is 22.5 Å². The van der Waals surface area contributed by atoms with E-state index in [4.69, 9.17) is 9.47 Å². The van der Waals surface area contributed by atoms with Crippen molar-refractivity contribution in [1.29, 1.82) is 0 Å². The van der Waals surface area contributed by atoms with Crippen LogP contribution >= 0.6 is 15.9 Å². The van der Waals surface area contributed by atoms with Crippen LogP contribution in [0.3, 0.4) is 0 Å². The van der Waals surface area contributed by atoms with Gasteiger partial charge in [0.1, 0.15) is 12.3 Å². The van der Waals surface area contributed by atoms with Crippen LogP contribution in [0.5, 0.6) is 5.75 Å². The lowest BCUT2D eigenvalue weighted by atomic mass is 10.1. The van der Waals surface area contributed by atoms with E-state index in [1.54, 1.807) is 53.4 Å². The van der Waals surface area contributed by atoms with E-state index in [-0.39, 0.29) is 10.8 Å². The van der Waals surface area contributed by atoms with Crippen LogP contribution < -0.4 is 14.4 Å². The van der Waals surface area contributed by atoms with Crippen LogP contribution in [0.15, 0.2) is 76.1 Å². The number of anilines is 2. The van der Waals surface area contributed by atoms with Crippen LogP contribution in [0.2, 0.25) is 0 Å². The van der Waals surface area contributed by atoms with E-state index in [1.807, 2.05) is 6.92 Å². The fourth-order valence-corrected chi connectivity index (χ4v) is 6.14. The van der Waals surface area contributed by atoms with Crippen molar-refractivity contribution in [2.45, 2.75) is 11.8 Å². The Morgan fingerprint density at radius 3 is 2.39 bits per heavy atom. The van der Waals surface area contributed by atoms with Gasteiger partial charge in [0, 0.05) is 13.1 Å². The Morgan fingerprint density at radius 2 is 1.74 bits per heavy atom. The molecule has 0 spiro atoms. The molecule has 2 amide bonds. The highest BCUT2D eigenvalue weighted by Crippen LogP contribution is 2.31. The molecule has 1 fully saturated rings. The number of nitrogens with zero attached hydrogens (tertiary/aromatic N) is 2. The first kappa shape index (κ1) is 27.6. The fourth-order valence-electron chi connectivity index (χ4n) is 4.00. The lowest BCUT2D eigenvalue weighted by Crippen LogP contribution is -2.41. The average molecular weight is 603 g/mol. The Hall–Kier alpha value is -3.41. The predicted molar refractivity (Wildman–Crippen MR) is 148 cm³/mol. The molecule has 0 aliphatic carbocycles. The molecule has 1 saturated heterocycles. The van der Waals surface area contributed by atoms with Crippen molar-refractivity contribution in [2.24, 2.45) is 0 Å². The molecule has 3 aromatic rings. The minimum atomic E-state index is -4.15. The Labute approximate surface area is 230 Å². The van der Waals surface area contributed by atoms with Crippen molar-refractivity contribution >= 4 is 49.1 Å². The van der Waals surface area contributed by atoms with E-state index in [2.05, 4.69) is 21.2 Å². The molecule has 0 saturated carbocycles. The molecule has 11 heteroatoms. The lowest BCUT2D eigenvalue weighted by molar-refractivity contribution is -0.114. The van der Waals surface area contributed by atoms with Gasteiger partial charge < -0.3 is 19.7 Å². The summed E-state index contributed by atoms with van der Waals surface area (Å²) >= 11 is 3.33. The number of carbonyl (C=O) groups is 2. The summed E-state index contributed by atoms with van der Waals surface area (Å²) in [7, 11) is -2.66. The summed E-state index contributed by atoms with van der Waals surface area (Å²) in [6.45, 7) is 3.19. The first-order chi connectivity index (χ1) is 18.2. The molecule has 200 valence electrons. The highest BCUT2D eigenvalue weighted by Gasteiger charge is 2.29. The smallest absolute Gasteiger partial charge is 0.264 e. The highest BCUT2D eigenvalue weighted by molar-refractivity contribution is 9.10. The number of methoxy groups -OCH3 is 1. The molecule has 0 atom stereocenters. The molecule has 1 aliphatic heterocycles. The minimum Gasteiger partial charge on any atom is -0.496 e. The van der Waals surface area contributed by atoms with E-state index in [1.165, 1.54) is 25.3 Å². The Bertz CT molecular complexity index is 1420. The second-order valence-electron chi connectivity index (χ2n) is 8.64. The van der Waals surface area contributed by atoms with Gasteiger partial charge in [0.2, 0.25) is 5.91 Å². The van der Waals surface area contributed by atoms with Crippen molar-refractivity contribution in [3.63, 3.8) is 0 Å². The fraction of sp³-hybridized carbons (Fsp3) is 0.259. The molecule has 4 rings (SSSR count). The first-order valence-corrected chi connectivity index (χ1v) is 14.1. The molecule has 0 bridgehead atoms. The van der Waals surface area contributed by atoms with Crippen molar-refractivity contribution in [3.8, 4) is 5.75 Å². The van der Waals surface area contributed by atoms with Gasteiger partial charge in [-0.2, -0.15) is 0 Å². The van der Waals surface area contributed by atoms with E-state index in [0.29, 0.717) is 53.5 Å². The number of morpholine rings is 1. The topological polar surface area (TPSA) is 105 Å².